The van der Waals surface area contributed by atoms with Gasteiger partial charge in [0.15, 0.2) is 0 Å². The van der Waals surface area contributed by atoms with Crippen LogP contribution in [0.1, 0.15) is 0 Å². The summed E-state index contributed by atoms with van der Waals surface area (Å²) in [7, 11) is 4.65. The Kier molecular flexibility index (Phi) is 7.26. The second-order valence-corrected chi connectivity index (χ2v) is 1.70. The molecule has 0 spiro atoms. The van der Waals surface area contributed by atoms with Crippen molar-refractivity contribution in [3.63, 3.8) is 0 Å². The van der Waals surface area contributed by atoms with Crippen molar-refractivity contribution < 1.29 is 32.8 Å². The van der Waals surface area contributed by atoms with Crippen LogP contribution in [0, 0.1) is 0 Å². The predicted molar refractivity (Wildman–Crippen MR) is 32.6 cm³/mol. The first kappa shape index (κ1) is 12.2. The van der Waals surface area contributed by atoms with Gasteiger partial charge in [-0.2, -0.15) is 0 Å². The molecule has 0 N–H and O–H groups in total. The van der Waals surface area contributed by atoms with E-state index in [4.69, 9.17) is 14.0 Å². The fourth-order valence-corrected chi connectivity index (χ4v) is 0.289. The average Bonchev–Trinajstić information content (AvgIpc) is 1.87. The van der Waals surface area contributed by atoms with Crippen molar-refractivity contribution in [3.05, 3.63) is 0 Å². The maximum absolute atomic E-state index is 4.85. The quantitative estimate of drug-likeness (QED) is 0.391. The van der Waals surface area contributed by atoms with Crippen LogP contribution in [-0.2, 0) is 14.0 Å². The number of hydrogen-bond acceptors (Lipinski definition) is 3. The molecule has 0 aromatic heterocycles. The molecule has 0 amide bonds. The maximum atomic E-state index is 4.85. The minimum absolute atomic E-state index is 0. The molecule has 0 aliphatic heterocycles. The Morgan fingerprint density at radius 1 is 0.889 bits per heavy atom. The summed E-state index contributed by atoms with van der Waals surface area (Å²) in [5, 5.41) is 0. The summed E-state index contributed by atoms with van der Waals surface area (Å²) >= 11 is 0. The third kappa shape index (κ3) is 4.02. The summed E-state index contributed by atoms with van der Waals surface area (Å²) in [6.07, 6.45) is 0. The molecule has 0 saturated carbocycles. The van der Waals surface area contributed by atoms with Crippen molar-refractivity contribution in [1.29, 1.82) is 0 Å². The molecule has 0 rings (SSSR count). The molecule has 0 bridgehead atoms. The number of hydrogen-bond donors (Lipinski definition) is 0. The first-order valence-electron chi connectivity index (χ1n) is 2.51. The fourth-order valence-electron chi connectivity index (χ4n) is 0.289. The van der Waals surface area contributed by atoms with E-state index in [-0.39, 0.29) is 18.9 Å². The molecule has 0 radical (unpaired) electrons. The second kappa shape index (κ2) is 5.34. The van der Waals surface area contributed by atoms with E-state index in [1.165, 1.54) is 0 Å². The smallest absolute Gasteiger partial charge is 0.547 e. The van der Waals surface area contributed by atoms with E-state index < -0.39 is 6.75 Å². The average molecular weight is 126 g/mol. The van der Waals surface area contributed by atoms with Crippen LogP contribution in [0.3, 0.4) is 0 Å². The van der Waals surface area contributed by atoms with Gasteiger partial charge in [0.2, 0.25) is 0 Å². The zero-order chi connectivity index (χ0) is 6.62. The van der Waals surface area contributed by atoms with Gasteiger partial charge in [0.1, 0.15) is 0 Å². The predicted octanol–water partition coefficient (Wildman–Crippen LogP) is -2.50. The molecule has 0 aliphatic carbocycles. The first-order valence-corrected chi connectivity index (χ1v) is 2.51. The van der Waals surface area contributed by atoms with Crippen molar-refractivity contribution in [2.24, 2.45) is 0 Å². The summed E-state index contributed by atoms with van der Waals surface area (Å²) in [4.78, 5) is 0. The molecule has 0 aliphatic rings. The monoisotopic (exact) mass is 126 g/mol. The van der Waals surface area contributed by atoms with Gasteiger partial charge in [0.05, 0.1) is 0 Å². The Morgan fingerprint density at radius 2 is 1.11 bits per heavy atom. The van der Waals surface area contributed by atoms with Crippen molar-refractivity contribution in [2.75, 3.05) is 21.3 Å². The molecule has 0 unspecified atom stereocenters. The molecule has 0 heterocycles. The fraction of sp³-hybridized carbons (Fsp3) is 1.00. The minimum Gasteiger partial charge on any atom is -0.547 e. The van der Waals surface area contributed by atoms with E-state index in [2.05, 4.69) is 0 Å². The molecule has 0 aromatic carbocycles. The van der Waals surface area contributed by atoms with Crippen molar-refractivity contribution in [2.45, 2.75) is 6.82 Å². The standard InChI is InChI=1S/C4H12BO3.Li/c1-5(6-2,7-3)8-4;/h1-4H3;/q-1;+1. The van der Waals surface area contributed by atoms with Crippen LogP contribution in [0.15, 0.2) is 0 Å². The van der Waals surface area contributed by atoms with Crippen LogP contribution in [-0.4, -0.2) is 28.1 Å². The van der Waals surface area contributed by atoms with Gasteiger partial charge >= 0.3 is 25.6 Å². The zero-order valence-corrected chi connectivity index (χ0v) is 6.80. The second-order valence-electron chi connectivity index (χ2n) is 1.70. The van der Waals surface area contributed by atoms with Crippen LogP contribution in [0.5, 0.6) is 0 Å². The van der Waals surface area contributed by atoms with Crippen LogP contribution >= 0.6 is 0 Å². The van der Waals surface area contributed by atoms with Gasteiger partial charge in [0.25, 0.3) is 0 Å². The van der Waals surface area contributed by atoms with Gasteiger partial charge in [-0.1, -0.05) is 0 Å². The van der Waals surface area contributed by atoms with Gasteiger partial charge in [-0.25, -0.2) is 0 Å². The Morgan fingerprint density at radius 3 is 1.11 bits per heavy atom. The van der Waals surface area contributed by atoms with E-state index in [1.807, 2.05) is 0 Å². The molecule has 0 atom stereocenters. The van der Waals surface area contributed by atoms with Crippen LogP contribution in [0.25, 0.3) is 0 Å². The Bertz CT molecular complexity index is 58.6. The van der Waals surface area contributed by atoms with Gasteiger partial charge < -0.3 is 14.0 Å². The third-order valence-electron chi connectivity index (χ3n) is 1.28. The Labute approximate surface area is 68.2 Å². The molecule has 0 aromatic rings. The largest absolute Gasteiger partial charge is 1.00 e. The molecule has 5 heteroatoms. The van der Waals surface area contributed by atoms with Crippen LogP contribution in [0.2, 0.25) is 6.82 Å². The molecule has 3 nitrogen and oxygen atoms in total. The Hall–Kier alpha value is 0.542. The summed E-state index contributed by atoms with van der Waals surface area (Å²) in [6.45, 7) is 0.292. The third-order valence-corrected chi connectivity index (χ3v) is 1.28. The topological polar surface area (TPSA) is 27.7 Å². The maximum Gasteiger partial charge on any atom is 1.00 e. The minimum atomic E-state index is -1.46. The molecule has 0 saturated heterocycles. The van der Waals surface area contributed by atoms with Gasteiger partial charge in [-0.3, -0.25) is 0 Å². The SMILES string of the molecule is CO[B-](C)(OC)OC.[Li+]. The van der Waals surface area contributed by atoms with Crippen molar-refractivity contribution >= 4 is 6.75 Å². The van der Waals surface area contributed by atoms with Crippen LogP contribution in [0.4, 0.5) is 0 Å². The van der Waals surface area contributed by atoms with Gasteiger partial charge in [-0.05, 0) is 21.3 Å². The summed E-state index contributed by atoms with van der Waals surface area (Å²) in [5.74, 6) is 0. The van der Waals surface area contributed by atoms with Crippen molar-refractivity contribution in [3.8, 4) is 0 Å². The number of rotatable bonds is 3. The normalized spacial score (nSPS) is 10.7. The van der Waals surface area contributed by atoms with E-state index in [1.54, 1.807) is 28.2 Å². The summed E-state index contributed by atoms with van der Waals surface area (Å²) in [5.41, 5.74) is 0. The van der Waals surface area contributed by atoms with E-state index in [9.17, 15) is 0 Å². The summed E-state index contributed by atoms with van der Waals surface area (Å²) < 4.78 is 14.6. The zero-order valence-electron chi connectivity index (χ0n) is 6.80. The molecule has 50 valence electrons. The van der Waals surface area contributed by atoms with Crippen molar-refractivity contribution in [1.82, 2.24) is 0 Å². The summed E-state index contributed by atoms with van der Waals surface area (Å²) in [6, 6.07) is 0. The Balaban J connectivity index is 0. The first-order chi connectivity index (χ1) is 3.68. The van der Waals surface area contributed by atoms with E-state index in [0.717, 1.165) is 0 Å². The van der Waals surface area contributed by atoms with E-state index >= 15 is 0 Å². The van der Waals surface area contributed by atoms with Crippen LogP contribution < -0.4 is 18.9 Å². The van der Waals surface area contributed by atoms with Gasteiger partial charge in [-0.15, -0.1) is 6.82 Å². The van der Waals surface area contributed by atoms with E-state index in [0.29, 0.717) is 0 Å². The van der Waals surface area contributed by atoms with Gasteiger partial charge in [0, 0.05) is 0 Å². The molecule has 0 fully saturated rings. The molecular weight excluding hydrogens is 114 g/mol. The molecule has 9 heavy (non-hydrogen) atoms. The molecular formula is C4H12BLiO3.